The van der Waals surface area contributed by atoms with Crippen LogP contribution < -0.4 is 0 Å². The van der Waals surface area contributed by atoms with Gasteiger partial charge in [0.1, 0.15) is 5.82 Å². The van der Waals surface area contributed by atoms with Crippen LogP contribution >= 0.6 is 23.4 Å². The zero-order valence-corrected chi connectivity index (χ0v) is 18.0. The number of thioether (sulfide) groups is 1. The van der Waals surface area contributed by atoms with Gasteiger partial charge in [-0.3, -0.25) is 4.79 Å². The van der Waals surface area contributed by atoms with Crippen LogP contribution in [0, 0.1) is 5.82 Å². The summed E-state index contributed by atoms with van der Waals surface area (Å²) in [6.07, 6.45) is 6.36. The maximum Gasteiger partial charge on any atom is 0.304 e. The number of hydrogen-bond acceptors (Lipinski definition) is 4. The lowest BCUT2D eigenvalue weighted by atomic mass is 10.0. The summed E-state index contributed by atoms with van der Waals surface area (Å²) in [6.45, 7) is 4.06. The molecule has 1 atom stereocenters. The Morgan fingerprint density at radius 2 is 2.21 bits per heavy atom. The van der Waals surface area contributed by atoms with Gasteiger partial charge < -0.3 is 9.67 Å². The second kappa shape index (κ2) is 8.38. The molecule has 0 saturated heterocycles. The minimum atomic E-state index is -3.70. The first-order chi connectivity index (χ1) is 13.6. The number of carboxylic acid groups (broad SMARTS) is 1. The third kappa shape index (κ3) is 4.44. The van der Waals surface area contributed by atoms with E-state index in [0.29, 0.717) is 33.8 Å². The SMILES string of the molecule is C=C/C(Cl)=C\C=C\Sc1c2n(c3cc(F)cc(S(C)(=O)=O)c13)CCC2CC(=O)O. The van der Waals surface area contributed by atoms with E-state index in [1.807, 2.05) is 4.57 Å². The van der Waals surface area contributed by atoms with Gasteiger partial charge in [-0.1, -0.05) is 42.1 Å². The van der Waals surface area contributed by atoms with E-state index >= 15 is 0 Å². The second-order valence-electron chi connectivity index (χ2n) is 6.72. The van der Waals surface area contributed by atoms with Gasteiger partial charge in [-0.2, -0.15) is 0 Å². The summed E-state index contributed by atoms with van der Waals surface area (Å²) < 4.78 is 40.8. The molecule has 1 unspecified atom stereocenters. The molecule has 29 heavy (non-hydrogen) atoms. The van der Waals surface area contributed by atoms with Gasteiger partial charge in [0.05, 0.1) is 16.8 Å². The molecule has 154 valence electrons. The zero-order valence-electron chi connectivity index (χ0n) is 15.6. The third-order valence-electron chi connectivity index (χ3n) is 4.71. The van der Waals surface area contributed by atoms with Crippen LogP contribution in [0.5, 0.6) is 0 Å². The Hall–Kier alpha value is -2.03. The number of carbonyl (C=O) groups is 1. The van der Waals surface area contributed by atoms with E-state index in [-0.39, 0.29) is 17.2 Å². The van der Waals surface area contributed by atoms with Crippen molar-refractivity contribution >= 4 is 50.1 Å². The molecule has 0 aliphatic carbocycles. The van der Waals surface area contributed by atoms with Gasteiger partial charge >= 0.3 is 5.97 Å². The van der Waals surface area contributed by atoms with Gasteiger partial charge in [0.2, 0.25) is 0 Å². The number of nitrogens with zero attached hydrogens (tertiary/aromatic N) is 1. The summed E-state index contributed by atoms with van der Waals surface area (Å²) in [4.78, 5) is 11.9. The molecule has 1 aliphatic rings. The van der Waals surface area contributed by atoms with Crippen LogP contribution in [0.1, 0.15) is 24.5 Å². The van der Waals surface area contributed by atoms with Crippen molar-refractivity contribution in [1.29, 1.82) is 0 Å². The predicted molar refractivity (Wildman–Crippen MR) is 114 cm³/mol. The lowest BCUT2D eigenvalue weighted by Crippen LogP contribution is -2.04. The fourth-order valence-corrected chi connectivity index (χ4v) is 5.65. The molecule has 1 N–H and O–H groups in total. The van der Waals surface area contributed by atoms with Gasteiger partial charge in [0.25, 0.3) is 0 Å². The molecular weight excluding hydrogens is 437 g/mol. The number of carboxylic acids is 1. The molecule has 0 amide bonds. The number of aryl methyl sites for hydroxylation is 1. The molecule has 1 aromatic carbocycles. The molecule has 3 rings (SSSR count). The number of aliphatic carboxylic acids is 1. The van der Waals surface area contributed by atoms with E-state index in [4.69, 9.17) is 11.6 Å². The maximum atomic E-state index is 14.2. The first-order valence-electron chi connectivity index (χ1n) is 8.72. The lowest BCUT2D eigenvalue weighted by molar-refractivity contribution is -0.137. The largest absolute Gasteiger partial charge is 0.481 e. The van der Waals surface area contributed by atoms with Crippen molar-refractivity contribution in [2.75, 3.05) is 6.26 Å². The fourth-order valence-electron chi connectivity index (χ4n) is 3.59. The van der Waals surface area contributed by atoms with Gasteiger partial charge in [-0.15, -0.1) is 0 Å². The number of fused-ring (bicyclic) bond motifs is 3. The van der Waals surface area contributed by atoms with E-state index in [1.165, 1.54) is 23.9 Å². The van der Waals surface area contributed by atoms with Crippen molar-refractivity contribution in [2.45, 2.75) is 35.1 Å². The molecule has 0 fully saturated rings. The summed E-state index contributed by atoms with van der Waals surface area (Å²) in [7, 11) is -3.70. The summed E-state index contributed by atoms with van der Waals surface area (Å²) in [6, 6.07) is 2.32. The number of aromatic nitrogens is 1. The van der Waals surface area contributed by atoms with Crippen LogP contribution in [-0.4, -0.2) is 30.3 Å². The Bertz CT molecular complexity index is 1170. The summed E-state index contributed by atoms with van der Waals surface area (Å²) in [5, 5.41) is 11.9. The zero-order chi connectivity index (χ0) is 21.3. The van der Waals surface area contributed by atoms with Crippen molar-refractivity contribution in [2.24, 2.45) is 0 Å². The molecule has 0 radical (unpaired) electrons. The monoisotopic (exact) mass is 455 g/mol. The Morgan fingerprint density at radius 3 is 2.83 bits per heavy atom. The molecule has 2 heterocycles. The average molecular weight is 456 g/mol. The number of benzene rings is 1. The fraction of sp³-hybridized carbons (Fsp3) is 0.250. The summed E-state index contributed by atoms with van der Waals surface area (Å²) >= 11 is 7.15. The molecule has 1 aliphatic heterocycles. The van der Waals surface area contributed by atoms with Gasteiger partial charge in [0.15, 0.2) is 9.84 Å². The van der Waals surface area contributed by atoms with Crippen LogP contribution in [0.2, 0.25) is 0 Å². The first-order valence-corrected chi connectivity index (χ1v) is 11.9. The number of sulfone groups is 1. The van der Waals surface area contributed by atoms with Crippen LogP contribution in [0.15, 0.2) is 57.2 Å². The highest BCUT2D eigenvalue weighted by Gasteiger charge is 2.33. The van der Waals surface area contributed by atoms with Crippen molar-refractivity contribution in [3.05, 3.63) is 58.9 Å². The Kier molecular flexibility index (Phi) is 6.26. The summed E-state index contributed by atoms with van der Waals surface area (Å²) in [5.41, 5.74) is 1.19. The van der Waals surface area contributed by atoms with Crippen LogP contribution in [0.3, 0.4) is 0 Å². The smallest absolute Gasteiger partial charge is 0.304 e. The van der Waals surface area contributed by atoms with E-state index in [0.717, 1.165) is 18.0 Å². The van der Waals surface area contributed by atoms with Gasteiger partial charge in [0, 0.05) is 39.7 Å². The quantitative estimate of drug-likeness (QED) is 0.466. The topological polar surface area (TPSA) is 76.4 Å². The number of rotatable bonds is 7. The Morgan fingerprint density at radius 1 is 1.48 bits per heavy atom. The highest BCUT2D eigenvalue weighted by atomic mass is 35.5. The highest BCUT2D eigenvalue weighted by Crippen LogP contribution is 2.47. The first kappa shape index (κ1) is 21.7. The van der Waals surface area contributed by atoms with Crippen molar-refractivity contribution in [3.63, 3.8) is 0 Å². The molecule has 5 nitrogen and oxygen atoms in total. The van der Waals surface area contributed by atoms with Crippen LogP contribution in [0.25, 0.3) is 10.9 Å². The van der Waals surface area contributed by atoms with Crippen molar-refractivity contribution in [1.82, 2.24) is 4.57 Å². The molecule has 9 heteroatoms. The van der Waals surface area contributed by atoms with E-state index < -0.39 is 21.6 Å². The van der Waals surface area contributed by atoms with Crippen molar-refractivity contribution in [3.8, 4) is 0 Å². The predicted octanol–water partition coefficient (Wildman–Crippen LogP) is 5.06. The van der Waals surface area contributed by atoms with Crippen molar-refractivity contribution < 1.29 is 22.7 Å². The summed E-state index contributed by atoms with van der Waals surface area (Å²) in [5.74, 6) is -1.86. The average Bonchev–Trinajstić information content (AvgIpc) is 3.16. The standard InChI is InChI=1S/C20H19ClFNO4S2/c1-3-13(21)5-4-8-28-20-18-15(10-14(22)11-16(18)29(2,26)27)23-7-6-12(19(20)23)9-17(24)25/h3-5,8,10-12H,1,6-7,9H2,2H3,(H,24,25)/b8-4+,13-5+. The lowest BCUT2D eigenvalue weighted by Gasteiger charge is -2.10. The molecular formula is C20H19ClFNO4S2. The second-order valence-corrected chi connectivity index (χ2v) is 10.1. The van der Waals surface area contributed by atoms with Crippen LogP contribution in [-0.2, 0) is 21.2 Å². The molecule has 0 spiro atoms. The number of halogens is 2. The minimum Gasteiger partial charge on any atom is -0.481 e. The molecule has 1 aromatic heterocycles. The molecule has 0 bridgehead atoms. The number of allylic oxidation sites excluding steroid dienone is 4. The molecule has 2 aromatic rings. The number of hydrogen-bond donors (Lipinski definition) is 1. The Balaban J connectivity index is 2.25. The minimum absolute atomic E-state index is 0.0769. The van der Waals surface area contributed by atoms with E-state index in [9.17, 15) is 22.7 Å². The van der Waals surface area contributed by atoms with E-state index in [1.54, 1.807) is 17.6 Å². The van der Waals surface area contributed by atoms with Crippen LogP contribution in [0.4, 0.5) is 4.39 Å². The van der Waals surface area contributed by atoms with E-state index in [2.05, 4.69) is 6.58 Å². The maximum absolute atomic E-state index is 14.2. The van der Waals surface area contributed by atoms with Gasteiger partial charge in [-0.25, -0.2) is 12.8 Å². The van der Waals surface area contributed by atoms with Gasteiger partial charge in [-0.05, 0) is 30.0 Å². The molecule has 0 saturated carbocycles. The Labute approximate surface area is 177 Å². The normalized spacial score (nSPS) is 17.2. The third-order valence-corrected chi connectivity index (χ3v) is 7.05. The highest BCUT2D eigenvalue weighted by molar-refractivity contribution is 8.02.